The van der Waals surface area contributed by atoms with Crippen molar-refractivity contribution in [3.8, 4) is 0 Å². The SMILES string of the molecule is CCC(/C=C(/CCI)CC(C)C)/C=C1/C(c2ccc(C(C)(CC)CCCC(C)C)cc2)=CC=C(c2ccc(C(C)(CC)CCCC(C)C)cc2)C1CC. The fourth-order valence-corrected chi connectivity index (χ4v) is 9.32. The standard InChI is InChI=1S/C52H79I/c1-13-41(36-42(31-34-53)35-40(9)10)37-50-47(14-2)48(43-21-25-45(26-22-43)51(11,15-3)32-17-19-38(5)6)29-30-49(50)44-23-27-46(28-24-44)52(12,16-4)33-18-20-39(7)8/h21-30,36-41,47H,13-20,31-35H2,1-12H3/b42-36-,50-37+. The second-order valence-corrected chi connectivity index (χ2v) is 19.4. The molecule has 3 rings (SSSR count). The lowest BCUT2D eigenvalue weighted by atomic mass is 9.72. The molecule has 0 fully saturated rings. The van der Waals surface area contributed by atoms with Crippen LogP contribution in [0.3, 0.4) is 0 Å². The van der Waals surface area contributed by atoms with Gasteiger partial charge in [-0.2, -0.15) is 0 Å². The lowest BCUT2D eigenvalue weighted by Crippen LogP contribution is -2.21. The third-order valence-electron chi connectivity index (χ3n) is 12.7. The van der Waals surface area contributed by atoms with Crippen LogP contribution in [-0.4, -0.2) is 4.43 Å². The van der Waals surface area contributed by atoms with E-state index in [0.717, 1.165) is 24.7 Å². The van der Waals surface area contributed by atoms with E-state index in [1.807, 2.05) is 0 Å². The van der Waals surface area contributed by atoms with Gasteiger partial charge in [0.15, 0.2) is 0 Å². The minimum Gasteiger partial charge on any atom is -0.0860 e. The Bertz CT molecular complexity index is 1490. The van der Waals surface area contributed by atoms with E-state index >= 15 is 0 Å². The van der Waals surface area contributed by atoms with Crippen molar-refractivity contribution in [2.75, 3.05) is 4.43 Å². The summed E-state index contributed by atoms with van der Waals surface area (Å²) in [5, 5.41) is 0. The minimum atomic E-state index is 0.226. The Morgan fingerprint density at radius 3 is 1.62 bits per heavy atom. The van der Waals surface area contributed by atoms with Crippen LogP contribution in [0.1, 0.15) is 182 Å². The molecular formula is C52H79I. The van der Waals surface area contributed by atoms with Crippen LogP contribution in [0.25, 0.3) is 11.1 Å². The molecule has 2 aromatic rings. The predicted molar refractivity (Wildman–Crippen MR) is 248 cm³/mol. The molecule has 1 aliphatic rings. The maximum absolute atomic E-state index is 2.67. The molecule has 53 heavy (non-hydrogen) atoms. The summed E-state index contributed by atoms with van der Waals surface area (Å²) in [5.74, 6) is 3.02. The second kappa shape index (κ2) is 22.0. The first-order valence-electron chi connectivity index (χ1n) is 21.8. The Hall–Kier alpha value is -1.87. The zero-order valence-electron chi connectivity index (χ0n) is 36.4. The lowest BCUT2D eigenvalue weighted by Gasteiger charge is -2.32. The summed E-state index contributed by atoms with van der Waals surface area (Å²) in [6.45, 7) is 28.6. The maximum Gasteiger partial charge on any atom is 0.00958 e. The van der Waals surface area contributed by atoms with Crippen LogP contribution < -0.4 is 0 Å². The van der Waals surface area contributed by atoms with Crippen molar-refractivity contribution >= 4 is 33.7 Å². The molecule has 0 saturated carbocycles. The van der Waals surface area contributed by atoms with Gasteiger partial charge in [0.05, 0.1) is 0 Å². The number of hydrogen-bond donors (Lipinski definition) is 0. The molecule has 0 spiro atoms. The van der Waals surface area contributed by atoms with Gasteiger partial charge in [0, 0.05) is 10.3 Å². The van der Waals surface area contributed by atoms with Crippen molar-refractivity contribution in [1.82, 2.24) is 0 Å². The van der Waals surface area contributed by atoms with Crippen molar-refractivity contribution in [1.29, 1.82) is 0 Å². The number of alkyl halides is 1. The van der Waals surface area contributed by atoms with E-state index in [0.29, 0.717) is 17.8 Å². The first-order valence-corrected chi connectivity index (χ1v) is 23.4. The quantitative estimate of drug-likeness (QED) is 0.0630. The number of benzene rings is 2. The molecule has 2 aromatic carbocycles. The summed E-state index contributed by atoms with van der Waals surface area (Å²) < 4.78 is 1.18. The van der Waals surface area contributed by atoms with E-state index < -0.39 is 0 Å². The Morgan fingerprint density at radius 2 is 1.21 bits per heavy atom. The largest absolute Gasteiger partial charge is 0.0860 e. The average molecular weight is 831 g/mol. The molecule has 0 radical (unpaired) electrons. The highest BCUT2D eigenvalue weighted by Crippen LogP contribution is 2.45. The van der Waals surface area contributed by atoms with Gasteiger partial charge < -0.3 is 0 Å². The van der Waals surface area contributed by atoms with Crippen molar-refractivity contribution in [2.45, 2.75) is 171 Å². The third kappa shape index (κ3) is 13.1. The van der Waals surface area contributed by atoms with Gasteiger partial charge >= 0.3 is 0 Å². The monoisotopic (exact) mass is 831 g/mol. The fraction of sp³-hybridized carbons (Fsp3) is 0.615. The molecule has 1 aliphatic carbocycles. The lowest BCUT2D eigenvalue weighted by molar-refractivity contribution is 0.382. The minimum absolute atomic E-state index is 0.226. The summed E-state index contributed by atoms with van der Waals surface area (Å²) in [6.07, 6.45) is 24.9. The van der Waals surface area contributed by atoms with Gasteiger partial charge in [0.1, 0.15) is 0 Å². The molecule has 0 aromatic heterocycles. The average Bonchev–Trinajstić information content (AvgIpc) is 3.13. The first kappa shape index (κ1) is 45.5. The predicted octanol–water partition coefficient (Wildman–Crippen LogP) is 16.9. The molecule has 4 unspecified atom stereocenters. The Kier molecular flexibility index (Phi) is 18.9. The van der Waals surface area contributed by atoms with Crippen LogP contribution in [0.2, 0.25) is 0 Å². The summed E-state index contributed by atoms with van der Waals surface area (Å²) in [7, 11) is 0. The maximum atomic E-state index is 2.67. The van der Waals surface area contributed by atoms with Gasteiger partial charge in [0.2, 0.25) is 0 Å². The summed E-state index contributed by atoms with van der Waals surface area (Å²) >= 11 is 2.56. The zero-order valence-corrected chi connectivity index (χ0v) is 38.5. The van der Waals surface area contributed by atoms with Crippen LogP contribution in [0.15, 0.2) is 84.0 Å². The van der Waals surface area contributed by atoms with Crippen molar-refractivity contribution < 1.29 is 0 Å². The summed E-state index contributed by atoms with van der Waals surface area (Å²) in [5.41, 5.74) is 12.2. The van der Waals surface area contributed by atoms with E-state index in [1.54, 1.807) is 5.57 Å². The van der Waals surface area contributed by atoms with E-state index in [-0.39, 0.29) is 10.8 Å². The van der Waals surface area contributed by atoms with Gasteiger partial charge in [-0.25, -0.2) is 0 Å². The molecule has 294 valence electrons. The third-order valence-corrected chi connectivity index (χ3v) is 13.2. The van der Waals surface area contributed by atoms with Gasteiger partial charge in [-0.3, -0.25) is 0 Å². The summed E-state index contributed by atoms with van der Waals surface area (Å²) in [6, 6.07) is 19.6. The van der Waals surface area contributed by atoms with Crippen molar-refractivity contribution in [2.24, 2.45) is 29.6 Å². The van der Waals surface area contributed by atoms with E-state index in [2.05, 4.69) is 179 Å². The van der Waals surface area contributed by atoms with Crippen LogP contribution in [-0.2, 0) is 10.8 Å². The topological polar surface area (TPSA) is 0 Å². The molecule has 0 amide bonds. The number of allylic oxidation sites excluding steroid dienone is 8. The molecule has 0 nitrogen and oxygen atoms in total. The molecule has 0 N–H and O–H groups in total. The zero-order chi connectivity index (χ0) is 39.2. The second-order valence-electron chi connectivity index (χ2n) is 18.3. The van der Waals surface area contributed by atoms with Crippen LogP contribution in [0.5, 0.6) is 0 Å². The number of halogens is 1. The number of hydrogen-bond acceptors (Lipinski definition) is 0. The molecule has 1 heteroatoms. The van der Waals surface area contributed by atoms with E-state index in [4.69, 9.17) is 0 Å². The molecule has 0 aliphatic heterocycles. The molecule has 0 bridgehead atoms. The highest BCUT2D eigenvalue weighted by molar-refractivity contribution is 14.1. The van der Waals surface area contributed by atoms with E-state index in [1.165, 1.54) is 108 Å². The van der Waals surface area contributed by atoms with Gasteiger partial charge in [-0.15, -0.1) is 0 Å². The first-order chi connectivity index (χ1) is 25.2. The smallest absolute Gasteiger partial charge is 0.00958 e. The summed E-state index contributed by atoms with van der Waals surface area (Å²) in [4.78, 5) is 0. The Labute approximate surface area is 343 Å². The Morgan fingerprint density at radius 1 is 0.698 bits per heavy atom. The number of rotatable bonds is 22. The van der Waals surface area contributed by atoms with Gasteiger partial charge in [0.25, 0.3) is 0 Å². The van der Waals surface area contributed by atoms with Crippen molar-refractivity contribution in [3.05, 3.63) is 106 Å². The van der Waals surface area contributed by atoms with E-state index in [9.17, 15) is 0 Å². The highest BCUT2D eigenvalue weighted by Gasteiger charge is 2.29. The highest BCUT2D eigenvalue weighted by atomic mass is 127. The molecular weight excluding hydrogens is 751 g/mol. The van der Waals surface area contributed by atoms with Gasteiger partial charge in [-0.1, -0.05) is 210 Å². The fourth-order valence-electron chi connectivity index (χ4n) is 8.63. The van der Waals surface area contributed by atoms with Crippen molar-refractivity contribution in [3.63, 3.8) is 0 Å². The van der Waals surface area contributed by atoms with Crippen LogP contribution in [0, 0.1) is 29.6 Å². The van der Waals surface area contributed by atoms with Crippen LogP contribution in [0.4, 0.5) is 0 Å². The molecule has 0 heterocycles. The molecule has 0 saturated heterocycles. The molecule has 4 atom stereocenters. The van der Waals surface area contributed by atoms with Crippen LogP contribution >= 0.6 is 22.6 Å². The van der Waals surface area contributed by atoms with Gasteiger partial charge in [-0.05, 0) is 125 Å². The normalized spacial score (nSPS) is 19.1. The Balaban J connectivity index is 2.12.